The number of nitrogens with one attached hydrogen (secondary N) is 2. The van der Waals surface area contributed by atoms with Crippen LogP contribution in [0.3, 0.4) is 0 Å². The molecule has 0 saturated carbocycles. The zero-order chi connectivity index (χ0) is 24.1. The number of halogens is 1. The molecule has 2 saturated heterocycles. The Morgan fingerprint density at radius 1 is 1.09 bits per heavy atom. The van der Waals surface area contributed by atoms with Crippen LogP contribution in [0.5, 0.6) is 0 Å². The molecule has 7 nitrogen and oxygen atoms in total. The Morgan fingerprint density at radius 2 is 1.79 bits per heavy atom. The molecule has 2 aromatic rings. The number of carbonyl (C=O) groups is 2. The summed E-state index contributed by atoms with van der Waals surface area (Å²) in [5.41, 5.74) is 1.51. The first-order chi connectivity index (χ1) is 16.4. The smallest absolute Gasteiger partial charge is 0.270 e. The predicted octanol–water partition coefficient (Wildman–Crippen LogP) is 3.45. The van der Waals surface area contributed by atoms with Crippen LogP contribution in [0, 0.1) is 11.8 Å². The quantitative estimate of drug-likeness (QED) is 0.559. The predicted molar refractivity (Wildman–Crippen MR) is 137 cm³/mol. The molecule has 34 heavy (non-hydrogen) atoms. The van der Waals surface area contributed by atoms with E-state index in [9.17, 15) is 9.59 Å². The van der Waals surface area contributed by atoms with E-state index in [1.54, 1.807) is 0 Å². The fraction of sp³-hybridized carbons (Fsp3) is 0.615. The number of piperazine rings is 1. The summed E-state index contributed by atoms with van der Waals surface area (Å²) in [7, 11) is 0. The van der Waals surface area contributed by atoms with Gasteiger partial charge in [0.15, 0.2) is 0 Å². The van der Waals surface area contributed by atoms with Crippen molar-refractivity contribution in [2.75, 3.05) is 58.9 Å². The molecule has 1 unspecified atom stereocenters. The van der Waals surface area contributed by atoms with Gasteiger partial charge in [0, 0.05) is 67.7 Å². The van der Waals surface area contributed by atoms with Crippen LogP contribution in [0.2, 0.25) is 5.02 Å². The van der Waals surface area contributed by atoms with E-state index in [1.807, 2.05) is 36.1 Å². The number of aromatic amines is 1. The lowest BCUT2D eigenvalue weighted by molar-refractivity contribution is -0.126. The number of hydrogen-bond acceptors (Lipinski definition) is 4. The normalized spacial score (nSPS) is 19.4. The van der Waals surface area contributed by atoms with Gasteiger partial charge in [0.2, 0.25) is 5.91 Å². The highest BCUT2D eigenvalue weighted by Crippen LogP contribution is 2.27. The molecule has 0 aliphatic carbocycles. The van der Waals surface area contributed by atoms with E-state index < -0.39 is 0 Å². The second-order valence-electron chi connectivity index (χ2n) is 9.75. The summed E-state index contributed by atoms with van der Waals surface area (Å²) in [6, 6.07) is 7.45. The summed E-state index contributed by atoms with van der Waals surface area (Å²) in [4.78, 5) is 35.8. The molecule has 2 N–H and O–H groups in total. The monoisotopic (exact) mass is 487 g/mol. The molecule has 1 aromatic heterocycles. The first kappa shape index (κ1) is 25.0. The minimum absolute atomic E-state index is 0.0163. The largest absolute Gasteiger partial charge is 0.356 e. The Morgan fingerprint density at radius 3 is 2.50 bits per heavy atom. The number of benzene rings is 1. The van der Waals surface area contributed by atoms with Crippen molar-refractivity contribution in [2.24, 2.45) is 11.8 Å². The minimum Gasteiger partial charge on any atom is -0.356 e. The number of H-pyrrole nitrogens is 1. The van der Waals surface area contributed by atoms with Crippen LogP contribution in [0.25, 0.3) is 10.9 Å². The number of rotatable bonds is 8. The molecule has 0 spiro atoms. The molecular weight excluding hydrogens is 450 g/mol. The number of likely N-dealkylation sites (tertiary alicyclic amines) is 1. The maximum atomic E-state index is 13.0. The summed E-state index contributed by atoms with van der Waals surface area (Å²) in [6.07, 6.45) is 2.70. The number of amides is 2. The van der Waals surface area contributed by atoms with Gasteiger partial charge in [-0.05, 0) is 62.5 Å². The summed E-state index contributed by atoms with van der Waals surface area (Å²) in [6.45, 7) is 13.1. The molecule has 2 fully saturated rings. The van der Waals surface area contributed by atoms with E-state index in [0.717, 1.165) is 76.0 Å². The molecule has 0 radical (unpaired) electrons. The number of likely N-dealkylation sites (N-methyl/N-ethyl adjacent to an activating group) is 1. The minimum atomic E-state index is -0.0273. The molecule has 2 aliphatic heterocycles. The van der Waals surface area contributed by atoms with Gasteiger partial charge in [-0.2, -0.15) is 0 Å². The third kappa shape index (κ3) is 6.12. The van der Waals surface area contributed by atoms with Crippen molar-refractivity contribution in [1.29, 1.82) is 0 Å². The van der Waals surface area contributed by atoms with Gasteiger partial charge in [-0.25, -0.2) is 0 Å². The van der Waals surface area contributed by atoms with Crippen LogP contribution in [-0.4, -0.2) is 90.4 Å². The summed E-state index contributed by atoms with van der Waals surface area (Å²) >= 11 is 6.07. The van der Waals surface area contributed by atoms with Gasteiger partial charge in [-0.3, -0.25) is 9.59 Å². The van der Waals surface area contributed by atoms with Crippen molar-refractivity contribution in [1.82, 2.24) is 25.0 Å². The number of aromatic nitrogens is 1. The molecule has 1 aromatic carbocycles. The number of carbonyl (C=O) groups excluding carboxylic acids is 2. The second-order valence-corrected chi connectivity index (χ2v) is 10.2. The maximum absolute atomic E-state index is 13.0. The topological polar surface area (TPSA) is 71.7 Å². The van der Waals surface area contributed by atoms with E-state index in [-0.39, 0.29) is 17.7 Å². The first-order valence-corrected chi connectivity index (χ1v) is 13.1. The zero-order valence-corrected chi connectivity index (χ0v) is 21.2. The summed E-state index contributed by atoms with van der Waals surface area (Å²) < 4.78 is 0. The molecular formula is C26H38ClN5O2. The Labute approximate surface area is 207 Å². The molecule has 2 amide bonds. The number of nitrogens with zero attached hydrogens (tertiary/aromatic N) is 3. The maximum Gasteiger partial charge on any atom is 0.270 e. The average Bonchev–Trinajstić information content (AvgIpc) is 3.29. The van der Waals surface area contributed by atoms with Crippen molar-refractivity contribution in [3.63, 3.8) is 0 Å². The van der Waals surface area contributed by atoms with E-state index in [4.69, 9.17) is 11.6 Å². The Hall–Kier alpha value is -2.09. The van der Waals surface area contributed by atoms with Crippen molar-refractivity contribution < 1.29 is 9.59 Å². The van der Waals surface area contributed by atoms with Crippen LogP contribution in [0.4, 0.5) is 0 Å². The van der Waals surface area contributed by atoms with Crippen molar-refractivity contribution >= 4 is 34.3 Å². The summed E-state index contributed by atoms with van der Waals surface area (Å²) in [5.74, 6) is 0.448. The highest BCUT2D eigenvalue weighted by atomic mass is 35.5. The van der Waals surface area contributed by atoms with Gasteiger partial charge in [-0.15, -0.1) is 0 Å². The zero-order valence-electron chi connectivity index (χ0n) is 20.5. The van der Waals surface area contributed by atoms with Crippen molar-refractivity contribution in [3.8, 4) is 0 Å². The molecule has 8 heteroatoms. The van der Waals surface area contributed by atoms with E-state index >= 15 is 0 Å². The SMILES string of the molecule is CCN1CCN(CCCNC(=O)C(C)C2CCN(C(=O)c3cc4cc(Cl)ccc4[nH]3)CC2)CC1. The Kier molecular flexibility index (Phi) is 8.51. The third-order valence-electron chi connectivity index (χ3n) is 7.62. The lowest BCUT2D eigenvalue weighted by atomic mass is 9.84. The fourth-order valence-electron chi connectivity index (χ4n) is 5.21. The standard InChI is InChI=1S/C26H38ClN5O2/c1-3-30-13-15-31(16-14-30)10-4-9-28-25(33)19(2)20-7-11-32(12-8-20)26(34)24-18-21-17-22(27)5-6-23(21)29-24/h5-6,17-20,29H,3-4,7-16H2,1-2H3,(H,28,33). The van der Waals surface area contributed by atoms with Gasteiger partial charge in [0.25, 0.3) is 5.91 Å². The van der Waals surface area contributed by atoms with Gasteiger partial charge < -0.3 is 25.0 Å². The highest BCUT2D eigenvalue weighted by Gasteiger charge is 2.30. The lowest BCUT2D eigenvalue weighted by Crippen LogP contribution is -2.47. The van der Waals surface area contributed by atoms with Gasteiger partial charge in [0.1, 0.15) is 5.69 Å². The Balaban J connectivity index is 1.17. The van der Waals surface area contributed by atoms with Crippen LogP contribution in [0.15, 0.2) is 24.3 Å². The van der Waals surface area contributed by atoms with Gasteiger partial charge in [-0.1, -0.05) is 25.4 Å². The number of piperidine rings is 1. The first-order valence-electron chi connectivity index (χ1n) is 12.7. The van der Waals surface area contributed by atoms with E-state index in [2.05, 4.69) is 27.0 Å². The van der Waals surface area contributed by atoms with Gasteiger partial charge in [0.05, 0.1) is 0 Å². The fourth-order valence-corrected chi connectivity index (χ4v) is 5.39. The number of hydrogen-bond donors (Lipinski definition) is 2. The van der Waals surface area contributed by atoms with Crippen LogP contribution in [-0.2, 0) is 4.79 Å². The number of fused-ring (bicyclic) bond motifs is 1. The van der Waals surface area contributed by atoms with E-state index in [1.165, 1.54) is 0 Å². The van der Waals surface area contributed by atoms with Crippen LogP contribution in [0.1, 0.15) is 43.6 Å². The second kappa shape index (κ2) is 11.6. The van der Waals surface area contributed by atoms with Crippen LogP contribution >= 0.6 is 11.6 Å². The molecule has 186 valence electrons. The van der Waals surface area contributed by atoms with Crippen molar-refractivity contribution in [3.05, 3.63) is 35.0 Å². The molecule has 0 bridgehead atoms. The van der Waals surface area contributed by atoms with Gasteiger partial charge >= 0.3 is 0 Å². The summed E-state index contributed by atoms with van der Waals surface area (Å²) in [5, 5.41) is 4.75. The molecule has 1 atom stereocenters. The molecule has 3 heterocycles. The average molecular weight is 488 g/mol. The lowest BCUT2D eigenvalue weighted by Gasteiger charge is -2.34. The Bertz CT molecular complexity index is 977. The van der Waals surface area contributed by atoms with E-state index in [0.29, 0.717) is 29.7 Å². The molecule has 2 aliphatic rings. The highest BCUT2D eigenvalue weighted by molar-refractivity contribution is 6.31. The van der Waals surface area contributed by atoms with Crippen molar-refractivity contribution in [2.45, 2.75) is 33.1 Å². The van der Waals surface area contributed by atoms with Crippen LogP contribution < -0.4 is 5.32 Å². The third-order valence-corrected chi connectivity index (χ3v) is 7.86. The molecule has 4 rings (SSSR count).